The summed E-state index contributed by atoms with van der Waals surface area (Å²) in [5.41, 5.74) is 1.15. The van der Waals surface area contributed by atoms with Gasteiger partial charge in [0.2, 0.25) is 0 Å². The fraction of sp³-hybridized carbons (Fsp3) is 0.667. The predicted octanol–water partition coefficient (Wildman–Crippen LogP) is 1.55. The van der Waals surface area contributed by atoms with Gasteiger partial charge in [0.05, 0.1) is 6.33 Å². The highest BCUT2D eigenvalue weighted by Gasteiger charge is 1.97. The molecular weight excluding hydrogens is 150 g/mol. The van der Waals surface area contributed by atoms with Gasteiger partial charge in [-0.1, -0.05) is 20.3 Å². The minimum absolute atomic E-state index is 0.757. The SMILES string of the molecule is CCC(C)CNCc1cnc[nH]1. The molecule has 1 rings (SSSR count). The predicted molar refractivity (Wildman–Crippen MR) is 49.7 cm³/mol. The molecule has 1 unspecified atom stereocenters. The largest absolute Gasteiger partial charge is 0.347 e. The van der Waals surface area contributed by atoms with E-state index in [9.17, 15) is 0 Å². The van der Waals surface area contributed by atoms with Gasteiger partial charge in [0.1, 0.15) is 0 Å². The fourth-order valence-electron chi connectivity index (χ4n) is 0.979. The Morgan fingerprint density at radius 3 is 3.08 bits per heavy atom. The third-order valence-electron chi connectivity index (χ3n) is 2.06. The highest BCUT2D eigenvalue weighted by Crippen LogP contribution is 1.98. The molecule has 1 aromatic rings. The van der Waals surface area contributed by atoms with E-state index in [1.54, 1.807) is 6.33 Å². The molecule has 0 saturated carbocycles. The first-order chi connectivity index (χ1) is 5.83. The summed E-state index contributed by atoms with van der Waals surface area (Å²) < 4.78 is 0. The summed E-state index contributed by atoms with van der Waals surface area (Å²) in [5, 5.41) is 3.37. The first-order valence-electron chi connectivity index (χ1n) is 4.51. The van der Waals surface area contributed by atoms with E-state index in [0.29, 0.717) is 0 Å². The topological polar surface area (TPSA) is 40.7 Å². The van der Waals surface area contributed by atoms with E-state index in [4.69, 9.17) is 0 Å². The molecule has 0 aliphatic carbocycles. The average molecular weight is 167 g/mol. The maximum absolute atomic E-state index is 3.94. The fourth-order valence-corrected chi connectivity index (χ4v) is 0.979. The van der Waals surface area contributed by atoms with Crippen LogP contribution in [0.4, 0.5) is 0 Å². The van der Waals surface area contributed by atoms with Gasteiger partial charge in [-0.3, -0.25) is 0 Å². The molecule has 0 saturated heterocycles. The van der Waals surface area contributed by atoms with E-state index in [1.165, 1.54) is 6.42 Å². The van der Waals surface area contributed by atoms with Crippen LogP contribution in [0.15, 0.2) is 12.5 Å². The van der Waals surface area contributed by atoms with Gasteiger partial charge in [-0.15, -0.1) is 0 Å². The van der Waals surface area contributed by atoms with Crippen molar-refractivity contribution in [2.24, 2.45) is 5.92 Å². The summed E-state index contributed by atoms with van der Waals surface area (Å²) >= 11 is 0. The Kier molecular flexibility index (Phi) is 3.80. The Morgan fingerprint density at radius 1 is 1.67 bits per heavy atom. The zero-order valence-corrected chi connectivity index (χ0v) is 7.80. The van der Waals surface area contributed by atoms with Gasteiger partial charge < -0.3 is 10.3 Å². The van der Waals surface area contributed by atoms with Crippen molar-refractivity contribution in [2.45, 2.75) is 26.8 Å². The van der Waals surface area contributed by atoms with Crippen LogP contribution < -0.4 is 5.32 Å². The average Bonchev–Trinajstić information content (AvgIpc) is 2.57. The van der Waals surface area contributed by atoms with Crippen molar-refractivity contribution < 1.29 is 0 Å². The first-order valence-corrected chi connectivity index (χ1v) is 4.51. The van der Waals surface area contributed by atoms with Crippen LogP contribution in [0.2, 0.25) is 0 Å². The molecule has 1 atom stereocenters. The number of nitrogens with zero attached hydrogens (tertiary/aromatic N) is 1. The van der Waals surface area contributed by atoms with Crippen LogP contribution in [-0.4, -0.2) is 16.5 Å². The number of aromatic amines is 1. The van der Waals surface area contributed by atoms with Crippen LogP contribution in [0.3, 0.4) is 0 Å². The van der Waals surface area contributed by atoms with Crippen molar-refractivity contribution in [3.8, 4) is 0 Å². The Hall–Kier alpha value is -0.830. The van der Waals surface area contributed by atoms with Gasteiger partial charge in [0, 0.05) is 18.4 Å². The lowest BCUT2D eigenvalue weighted by atomic mass is 10.1. The lowest BCUT2D eigenvalue weighted by molar-refractivity contribution is 0.498. The second-order valence-electron chi connectivity index (χ2n) is 3.22. The highest BCUT2D eigenvalue weighted by atomic mass is 14.9. The van der Waals surface area contributed by atoms with Crippen molar-refractivity contribution in [3.63, 3.8) is 0 Å². The van der Waals surface area contributed by atoms with Crippen LogP contribution in [0, 0.1) is 5.92 Å². The van der Waals surface area contributed by atoms with Crippen LogP contribution in [0.5, 0.6) is 0 Å². The van der Waals surface area contributed by atoms with Crippen molar-refractivity contribution in [2.75, 3.05) is 6.54 Å². The van der Waals surface area contributed by atoms with Crippen LogP contribution >= 0.6 is 0 Å². The maximum Gasteiger partial charge on any atom is 0.0922 e. The summed E-state index contributed by atoms with van der Waals surface area (Å²) in [5.74, 6) is 0.757. The van der Waals surface area contributed by atoms with E-state index in [1.807, 2.05) is 6.20 Å². The highest BCUT2D eigenvalue weighted by molar-refractivity contribution is 4.92. The third-order valence-corrected chi connectivity index (χ3v) is 2.06. The summed E-state index contributed by atoms with van der Waals surface area (Å²) in [6.07, 6.45) is 4.79. The summed E-state index contributed by atoms with van der Waals surface area (Å²) in [7, 11) is 0. The molecule has 3 nitrogen and oxygen atoms in total. The lowest BCUT2D eigenvalue weighted by Crippen LogP contribution is -2.20. The molecule has 2 N–H and O–H groups in total. The van der Waals surface area contributed by atoms with Gasteiger partial charge >= 0.3 is 0 Å². The zero-order valence-electron chi connectivity index (χ0n) is 7.80. The zero-order chi connectivity index (χ0) is 8.81. The van der Waals surface area contributed by atoms with Gasteiger partial charge in [-0.25, -0.2) is 4.98 Å². The van der Waals surface area contributed by atoms with Crippen molar-refractivity contribution >= 4 is 0 Å². The van der Waals surface area contributed by atoms with E-state index >= 15 is 0 Å². The van der Waals surface area contributed by atoms with Crippen LogP contribution in [0.1, 0.15) is 26.0 Å². The maximum atomic E-state index is 3.94. The molecule has 0 aliphatic heterocycles. The molecule has 0 amide bonds. The van der Waals surface area contributed by atoms with Crippen LogP contribution in [-0.2, 0) is 6.54 Å². The summed E-state index contributed by atoms with van der Waals surface area (Å²) in [6.45, 7) is 6.43. The Bertz CT molecular complexity index is 194. The number of hydrogen-bond acceptors (Lipinski definition) is 2. The van der Waals surface area contributed by atoms with E-state index < -0.39 is 0 Å². The van der Waals surface area contributed by atoms with Crippen LogP contribution in [0.25, 0.3) is 0 Å². The molecule has 0 fully saturated rings. The quantitative estimate of drug-likeness (QED) is 0.698. The second kappa shape index (κ2) is 4.93. The minimum atomic E-state index is 0.757. The summed E-state index contributed by atoms with van der Waals surface area (Å²) in [6, 6.07) is 0. The number of aromatic nitrogens is 2. The Morgan fingerprint density at radius 2 is 2.50 bits per heavy atom. The second-order valence-corrected chi connectivity index (χ2v) is 3.22. The number of imidazole rings is 1. The third kappa shape index (κ3) is 3.05. The Labute approximate surface area is 73.6 Å². The van der Waals surface area contributed by atoms with Gasteiger partial charge in [-0.05, 0) is 12.5 Å². The molecule has 68 valence electrons. The molecule has 0 aromatic carbocycles. The molecule has 1 heterocycles. The van der Waals surface area contributed by atoms with E-state index in [-0.39, 0.29) is 0 Å². The smallest absolute Gasteiger partial charge is 0.0922 e. The molecule has 12 heavy (non-hydrogen) atoms. The Balaban J connectivity index is 2.11. The monoisotopic (exact) mass is 167 g/mol. The van der Waals surface area contributed by atoms with Crippen molar-refractivity contribution in [1.29, 1.82) is 0 Å². The molecule has 0 radical (unpaired) electrons. The van der Waals surface area contributed by atoms with E-state index in [0.717, 1.165) is 24.7 Å². The van der Waals surface area contributed by atoms with E-state index in [2.05, 4.69) is 29.1 Å². The number of nitrogens with one attached hydrogen (secondary N) is 2. The van der Waals surface area contributed by atoms with Gasteiger partial charge in [0.15, 0.2) is 0 Å². The minimum Gasteiger partial charge on any atom is -0.347 e. The first kappa shape index (κ1) is 9.26. The molecule has 0 aliphatic rings. The van der Waals surface area contributed by atoms with Crippen molar-refractivity contribution in [3.05, 3.63) is 18.2 Å². The molecule has 0 bridgehead atoms. The van der Waals surface area contributed by atoms with Crippen molar-refractivity contribution in [1.82, 2.24) is 15.3 Å². The van der Waals surface area contributed by atoms with Gasteiger partial charge in [-0.2, -0.15) is 0 Å². The summed E-state index contributed by atoms with van der Waals surface area (Å²) in [4.78, 5) is 7.00. The number of H-pyrrole nitrogens is 1. The number of hydrogen-bond donors (Lipinski definition) is 2. The molecule has 3 heteroatoms. The lowest BCUT2D eigenvalue weighted by Gasteiger charge is -2.08. The molecule has 1 aromatic heterocycles. The van der Waals surface area contributed by atoms with Gasteiger partial charge in [0.25, 0.3) is 0 Å². The molecular formula is C9H17N3. The number of rotatable bonds is 5. The normalized spacial score (nSPS) is 13.2. The molecule has 0 spiro atoms. The standard InChI is InChI=1S/C9H17N3/c1-3-8(2)4-10-5-9-6-11-7-12-9/h6-8,10H,3-5H2,1-2H3,(H,11,12).